The average Bonchev–Trinajstić information content (AvgIpc) is 2.83. The highest BCUT2D eigenvalue weighted by Gasteiger charge is 2.31. The zero-order valence-corrected chi connectivity index (χ0v) is 19.2. The molecule has 2 atom stereocenters. The number of aromatic nitrogens is 2. The van der Waals surface area contributed by atoms with Crippen molar-refractivity contribution in [3.63, 3.8) is 0 Å². The van der Waals surface area contributed by atoms with E-state index in [0.29, 0.717) is 22.8 Å². The number of piperazine rings is 1. The molecule has 0 unspecified atom stereocenters. The highest BCUT2D eigenvalue weighted by Crippen LogP contribution is 2.32. The van der Waals surface area contributed by atoms with Gasteiger partial charge in [-0.05, 0) is 43.7 Å². The third kappa shape index (κ3) is 4.13. The number of hydrogen-bond donors (Lipinski definition) is 0. The highest BCUT2D eigenvalue weighted by atomic mass is 16.5. The molecule has 1 fully saturated rings. The van der Waals surface area contributed by atoms with E-state index in [0.717, 1.165) is 36.4 Å². The number of fused-ring (bicyclic) bond motifs is 1. The molecule has 8 heteroatoms. The molecular formula is C25H26N6O2. The van der Waals surface area contributed by atoms with Gasteiger partial charge in [0.1, 0.15) is 5.75 Å². The maximum atomic E-state index is 12.7. The summed E-state index contributed by atoms with van der Waals surface area (Å²) in [5.74, 6) is 0.903. The largest absolute Gasteiger partial charge is 0.508 e. The van der Waals surface area contributed by atoms with Crippen LogP contribution in [0.4, 0.5) is 17.2 Å². The monoisotopic (exact) mass is 442 g/mol. The molecule has 0 aliphatic carbocycles. The van der Waals surface area contributed by atoms with Crippen molar-refractivity contribution in [3.05, 3.63) is 75.1 Å². The topological polar surface area (TPSA) is 59.3 Å². The number of rotatable bonds is 4. The van der Waals surface area contributed by atoms with Crippen molar-refractivity contribution >= 4 is 28.2 Å². The second-order valence-corrected chi connectivity index (χ2v) is 8.47. The SMILES string of the molecule is [C-]#[N+]c1ccc2c(n1)c(N1C[C@@H](C)N(Cc3ccc(OC)c([N+]#[C-])c3)C[C@@H]1C)cc(=O)n2C. The maximum Gasteiger partial charge on any atom is 0.270 e. The first kappa shape index (κ1) is 22.3. The fourth-order valence-corrected chi connectivity index (χ4v) is 4.49. The van der Waals surface area contributed by atoms with Gasteiger partial charge in [-0.2, -0.15) is 0 Å². The summed E-state index contributed by atoms with van der Waals surface area (Å²) >= 11 is 0. The lowest BCUT2D eigenvalue weighted by Gasteiger charge is -2.45. The normalized spacial score (nSPS) is 18.7. The van der Waals surface area contributed by atoms with Crippen LogP contribution in [0.1, 0.15) is 19.4 Å². The lowest BCUT2D eigenvalue weighted by atomic mass is 10.0. The van der Waals surface area contributed by atoms with E-state index in [2.05, 4.69) is 38.3 Å². The minimum absolute atomic E-state index is 0.0953. The molecule has 0 radical (unpaired) electrons. The zero-order valence-electron chi connectivity index (χ0n) is 19.2. The van der Waals surface area contributed by atoms with Gasteiger partial charge in [0.15, 0.2) is 0 Å². The second kappa shape index (κ2) is 8.93. The van der Waals surface area contributed by atoms with Crippen LogP contribution in [0.15, 0.2) is 41.2 Å². The Balaban J connectivity index is 1.64. The number of aryl methyl sites for hydroxylation is 1. The third-order valence-corrected chi connectivity index (χ3v) is 6.34. The van der Waals surface area contributed by atoms with Crippen LogP contribution in [0, 0.1) is 13.1 Å². The van der Waals surface area contributed by atoms with Gasteiger partial charge in [0.05, 0.1) is 24.9 Å². The van der Waals surface area contributed by atoms with Crippen molar-refractivity contribution in [2.45, 2.75) is 32.5 Å². The minimum Gasteiger partial charge on any atom is -0.508 e. The Morgan fingerprint density at radius 2 is 1.88 bits per heavy atom. The number of ether oxygens (including phenoxy) is 1. The lowest BCUT2D eigenvalue weighted by molar-refractivity contribution is 0.158. The molecule has 1 aromatic carbocycles. The van der Waals surface area contributed by atoms with Crippen molar-refractivity contribution in [1.29, 1.82) is 0 Å². The Hall–Kier alpha value is -3.88. The molecule has 168 valence electrons. The summed E-state index contributed by atoms with van der Waals surface area (Å²) in [4.78, 5) is 28.9. The molecule has 3 heterocycles. The Morgan fingerprint density at radius 3 is 2.58 bits per heavy atom. The van der Waals surface area contributed by atoms with Gasteiger partial charge in [-0.3, -0.25) is 9.69 Å². The van der Waals surface area contributed by atoms with Gasteiger partial charge in [0.25, 0.3) is 11.4 Å². The summed E-state index contributed by atoms with van der Waals surface area (Å²) in [6.45, 7) is 21.3. The van der Waals surface area contributed by atoms with Crippen molar-refractivity contribution in [2.75, 3.05) is 25.1 Å². The number of pyridine rings is 2. The van der Waals surface area contributed by atoms with Crippen LogP contribution in [-0.4, -0.2) is 46.7 Å². The van der Waals surface area contributed by atoms with E-state index in [1.54, 1.807) is 36.9 Å². The minimum atomic E-state index is -0.0953. The van der Waals surface area contributed by atoms with E-state index in [4.69, 9.17) is 17.9 Å². The lowest BCUT2D eigenvalue weighted by Crippen LogP contribution is -2.56. The molecule has 8 nitrogen and oxygen atoms in total. The molecule has 33 heavy (non-hydrogen) atoms. The molecule has 2 aromatic heterocycles. The Kier molecular flexibility index (Phi) is 6.04. The van der Waals surface area contributed by atoms with E-state index >= 15 is 0 Å². The summed E-state index contributed by atoms with van der Waals surface area (Å²) in [7, 11) is 3.30. The third-order valence-electron chi connectivity index (χ3n) is 6.34. The molecule has 4 rings (SSSR count). The van der Waals surface area contributed by atoms with Crippen LogP contribution in [0.2, 0.25) is 0 Å². The predicted molar refractivity (Wildman–Crippen MR) is 129 cm³/mol. The first-order valence-electron chi connectivity index (χ1n) is 10.8. The van der Waals surface area contributed by atoms with Crippen LogP contribution in [0.5, 0.6) is 5.75 Å². The van der Waals surface area contributed by atoms with E-state index in [1.807, 2.05) is 18.2 Å². The first-order valence-corrected chi connectivity index (χ1v) is 10.8. The summed E-state index contributed by atoms with van der Waals surface area (Å²) in [6, 6.07) is 11.2. The maximum absolute atomic E-state index is 12.7. The van der Waals surface area contributed by atoms with E-state index in [-0.39, 0.29) is 17.6 Å². The Labute approximate surface area is 193 Å². The molecule has 0 amide bonds. The van der Waals surface area contributed by atoms with E-state index < -0.39 is 0 Å². The fraction of sp³-hybridized carbons (Fsp3) is 0.360. The smallest absolute Gasteiger partial charge is 0.270 e. The quantitative estimate of drug-likeness (QED) is 0.569. The summed E-state index contributed by atoms with van der Waals surface area (Å²) in [5.41, 5.74) is 3.66. The summed E-state index contributed by atoms with van der Waals surface area (Å²) < 4.78 is 6.84. The number of anilines is 1. The molecule has 0 bridgehead atoms. The zero-order chi connectivity index (χ0) is 23.7. The molecule has 3 aromatic rings. The highest BCUT2D eigenvalue weighted by molar-refractivity contribution is 5.89. The van der Waals surface area contributed by atoms with Gasteiger partial charge in [-0.1, -0.05) is 12.6 Å². The number of methoxy groups -OCH3 is 1. The van der Waals surface area contributed by atoms with Gasteiger partial charge in [-0.25, -0.2) is 4.85 Å². The molecule has 0 saturated carbocycles. The fourth-order valence-electron chi connectivity index (χ4n) is 4.49. The van der Waals surface area contributed by atoms with Crippen LogP contribution in [-0.2, 0) is 13.6 Å². The van der Waals surface area contributed by atoms with Crippen LogP contribution in [0.25, 0.3) is 20.7 Å². The van der Waals surface area contributed by atoms with Gasteiger partial charge >= 0.3 is 0 Å². The second-order valence-electron chi connectivity index (χ2n) is 8.47. The van der Waals surface area contributed by atoms with E-state index in [9.17, 15) is 4.79 Å². The standard InChI is InChI=1S/C25H26N6O2/c1-16-14-31(21-12-24(32)29(5)20-8-10-23(27-4)28-25(20)21)17(2)13-30(16)15-18-7-9-22(33-6)19(11-18)26-3/h7-12,16-17H,13-15H2,1-2,5-6H3/t16-,17+/m1/s1. The average molecular weight is 443 g/mol. The van der Waals surface area contributed by atoms with Gasteiger partial charge < -0.3 is 19.0 Å². The van der Waals surface area contributed by atoms with Crippen molar-refractivity contribution in [1.82, 2.24) is 14.5 Å². The van der Waals surface area contributed by atoms with Crippen molar-refractivity contribution in [2.24, 2.45) is 7.05 Å². The van der Waals surface area contributed by atoms with Crippen molar-refractivity contribution in [3.8, 4) is 5.75 Å². The van der Waals surface area contributed by atoms with Gasteiger partial charge in [0.2, 0.25) is 11.2 Å². The Bertz CT molecular complexity index is 1350. The molecule has 1 aliphatic heterocycles. The predicted octanol–water partition coefficient (Wildman–Crippen LogP) is 4.14. The number of nitrogens with zero attached hydrogens (tertiary/aromatic N) is 6. The van der Waals surface area contributed by atoms with Crippen LogP contribution < -0.4 is 15.2 Å². The van der Waals surface area contributed by atoms with Crippen LogP contribution >= 0.6 is 0 Å². The number of hydrogen-bond acceptors (Lipinski definition) is 5. The molecule has 1 saturated heterocycles. The number of benzene rings is 1. The van der Waals surface area contributed by atoms with Gasteiger partial charge in [-0.15, -0.1) is 4.98 Å². The summed E-state index contributed by atoms with van der Waals surface area (Å²) in [5, 5.41) is 0. The van der Waals surface area contributed by atoms with Crippen molar-refractivity contribution < 1.29 is 4.74 Å². The molecule has 1 aliphatic rings. The first-order chi connectivity index (χ1) is 15.9. The molecule has 0 spiro atoms. The molecular weight excluding hydrogens is 416 g/mol. The summed E-state index contributed by atoms with van der Waals surface area (Å²) in [6.07, 6.45) is 0. The Morgan fingerprint density at radius 1 is 1.09 bits per heavy atom. The molecule has 0 N–H and O–H groups in total. The van der Waals surface area contributed by atoms with Gasteiger partial charge in [0, 0.05) is 44.8 Å². The van der Waals surface area contributed by atoms with E-state index in [1.165, 1.54) is 0 Å². The van der Waals surface area contributed by atoms with Crippen LogP contribution in [0.3, 0.4) is 0 Å².